The molecule has 0 spiro atoms. The second kappa shape index (κ2) is 7.09. The van der Waals surface area contributed by atoms with Crippen LogP contribution in [0, 0.1) is 5.41 Å². The van der Waals surface area contributed by atoms with E-state index in [0.717, 1.165) is 5.56 Å². The number of rotatable bonds is 5. The number of ether oxygens (including phenoxy) is 1. The van der Waals surface area contributed by atoms with Crippen LogP contribution in [0.4, 0.5) is 5.69 Å². The van der Waals surface area contributed by atoms with E-state index in [-0.39, 0.29) is 5.91 Å². The summed E-state index contributed by atoms with van der Waals surface area (Å²) in [6.45, 7) is 3.77. The summed E-state index contributed by atoms with van der Waals surface area (Å²) in [4.78, 5) is 24.4. The summed E-state index contributed by atoms with van der Waals surface area (Å²) in [5, 5.41) is 2.85. The third-order valence-corrected chi connectivity index (χ3v) is 3.68. The predicted octanol–water partition coefficient (Wildman–Crippen LogP) is 3.68. The Kier molecular flexibility index (Phi) is 5.16. The highest BCUT2D eigenvalue weighted by Crippen LogP contribution is 2.25. The zero-order valence-electron chi connectivity index (χ0n) is 13.6. The molecule has 0 aliphatic carbocycles. The first kappa shape index (κ1) is 16.7. The molecule has 2 rings (SSSR count). The summed E-state index contributed by atoms with van der Waals surface area (Å²) in [6.07, 6.45) is 0.611. The average molecular weight is 311 g/mol. The molecule has 0 atom stereocenters. The topological polar surface area (TPSA) is 55.4 Å². The molecule has 120 valence electrons. The van der Waals surface area contributed by atoms with Crippen LogP contribution in [0.2, 0.25) is 0 Å². The standard InChI is InChI=1S/C19H21NO3/c1-19(2,13-14-9-5-4-6-10-14)18(22)20-16-12-8-7-11-15(16)17(21)23-3/h4-12H,13H2,1-3H3,(H,20,22). The number of hydrogen-bond donors (Lipinski definition) is 1. The fraction of sp³-hybridized carbons (Fsp3) is 0.263. The van der Waals surface area contributed by atoms with Crippen LogP contribution in [0.5, 0.6) is 0 Å². The van der Waals surface area contributed by atoms with Crippen LogP contribution in [0.3, 0.4) is 0 Å². The molecule has 2 aromatic carbocycles. The zero-order chi connectivity index (χ0) is 16.9. The minimum absolute atomic E-state index is 0.141. The molecule has 2 aromatic rings. The molecule has 1 amide bonds. The van der Waals surface area contributed by atoms with Crippen LogP contribution in [0.25, 0.3) is 0 Å². The van der Waals surface area contributed by atoms with E-state index in [9.17, 15) is 9.59 Å². The first-order chi connectivity index (χ1) is 10.9. The molecule has 0 aliphatic rings. The Balaban J connectivity index is 2.17. The predicted molar refractivity (Wildman–Crippen MR) is 90.3 cm³/mol. The Morgan fingerprint density at radius 3 is 2.26 bits per heavy atom. The molecule has 0 unspecified atom stereocenters. The Labute approximate surface area is 136 Å². The molecule has 0 radical (unpaired) electrons. The van der Waals surface area contributed by atoms with Crippen molar-refractivity contribution in [3.8, 4) is 0 Å². The van der Waals surface area contributed by atoms with Gasteiger partial charge in [0.25, 0.3) is 0 Å². The van der Waals surface area contributed by atoms with Gasteiger partial charge in [-0.25, -0.2) is 4.79 Å². The zero-order valence-corrected chi connectivity index (χ0v) is 13.6. The lowest BCUT2D eigenvalue weighted by Crippen LogP contribution is -2.33. The van der Waals surface area contributed by atoms with Crippen LogP contribution in [0.1, 0.15) is 29.8 Å². The van der Waals surface area contributed by atoms with Crippen LogP contribution >= 0.6 is 0 Å². The quantitative estimate of drug-likeness (QED) is 0.857. The normalized spacial score (nSPS) is 10.9. The number of methoxy groups -OCH3 is 1. The highest BCUT2D eigenvalue weighted by molar-refractivity contribution is 6.02. The number of benzene rings is 2. The fourth-order valence-corrected chi connectivity index (χ4v) is 2.36. The van der Waals surface area contributed by atoms with E-state index in [4.69, 9.17) is 4.74 Å². The van der Waals surface area contributed by atoms with Gasteiger partial charge in [0, 0.05) is 5.41 Å². The van der Waals surface area contributed by atoms with Gasteiger partial charge >= 0.3 is 5.97 Å². The number of carbonyl (C=O) groups is 2. The highest BCUT2D eigenvalue weighted by atomic mass is 16.5. The van der Waals surface area contributed by atoms with Crippen molar-refractivity contribution in [1.82, 2.24) is 0 Å². The van der Waals surface area contributed by atoms with E-state index >= 15 is 0 Å². The lowest BCUT2D eigenvalue weighted by molar-refractivity contribution is -0.123. The van der Waals surface area contributed by atoms with Crippen LogP contribution in [-0.2, 0) is 16.0 Å². The summed E-state index contributed by atoms with van der Waals surface area (Å²) in [7, 11) is 1.32. The molecule has 4 heteroatoms. The van der Waals surface area contributed by atoms with E-state index in [1.807, 2.05) is 44.2 Å². The smallest absolute Gasteiger partial charge is 0.339 e. The third-order valence-electron chi connectivity index (χ3n) is 3.68. The highest BCUT2D eigenvalue weighted by Gasteiger charge is 2.29. The Morgan fingerprint density at radius 1 is 1.00 bits per heavy atom. The second-order valence-electron chi connectivity index (χ2n) is 6.04. The Morgan fingerprint density at radius 2 is 1.61 bits per heavy atom. The summed E-state index contributed by atoms with van der Waals surface area (Å²) in [6, 6.07) is 16.7. The maximum absolute atomic E-state index is 12.6. The van der Waals surface area contributed by atoms with Crippen LogP contribution in [-0.4, -0.2) is 19.0 Å². The molecule has 0 saturated heterocycles. The Bertz CT molecular complexity index is 693. The van der Waals surface area contributed by atoms with E-state index in [0.29, 0.717) is 17.7 Å². The van der Waals surface area contributed by atoms with Crippen molar-refractivity contribution in [1.29, 1.82) is 0 Å². The number of anilines is 1. The van der Waals surface area contributed by atoms with Crippen molar-refractivity contribution >= 4 is 17.6 Å². The summed E-state index contributed by atoms with van der Waals surface area (Å²) < 4.78 is 4.75. The van der Waals surface area contributed by atoms with E-state index in [2.05, 4.69) is 5.32 Å². The number of amides is 1. The maximum atomic E-state index is 12.6. The summed E-state index contributed by atoms with van der Waals surface area (Å²) in [5.74, 6) is -0.612. The van der Waals surface area contributed by atoms with E-state index in [1.165, 1.54) is 7.11 Å². The second-order valence-corrected chi connectivity index (χ2v) is 6.04. The SMILES string of the molecule is COC(=O)c1ccccc1NC(=O)C(C)(C)Cc1ccccc1. The van der Waals surface area contributed by atoms with Gasteiger partial charge in [-0.15, -0.1) is 0 Å². The molecule has 0 fully saturated rings. The molecule has 4 nitrogen and oxygen atoms in total. The molecule has 0 bridgehead atoms. The number of nitrogens with one attached hydrogen (secondary N) is 1. The molecule has 0 aromatic heterocycles. The van der Waals surface area contributed by atoms with Gasteiger partial charge in [0.05, 0.1) is 18.4 Å². The molecular formula is C19H21NO3. The molecular weight excluding hydrogens is 290 g/mol. The number of para-hydroxylation sites is 1. The van der Waals surface area contributed by atoms with Crippen LogP contribution in [0.15, 0.2) is 54.6 Å². The van der Waals surface area contributed by atoms with Crippen molar-refractivity contribution in [3.63, 3.8) is 0 Å². The van der Waals surface area contributed by atoms with Crippen molar-refractivity contribution in [2.45, 2.75) is 20.3 Å². The van der Waals surface area contributed by atoms with Gasteiger partial charge < -0.3 is 10.1 Å². The average Bonchev–Trinajstić information content (AvgIpc) is 2.55. The minimum Gasteiger partial charge on any atom is -0.465 e. The third kappa shape index (κ3) is 4.19. The van der Waals surface area contributed by atoms with E-state index < -0.39 is 11.4 Å². The van der Waals surface area contributed by atoms with Crippen LogP contribution < -0.4 is 5.32 Å². The maximum Gasteiger partial charge on any atom is 0.339 e. The largest absolute Gasteiger partial charge is 0.465 e. The fourth-order valence-electron chi connectivity index (χ4n) is 2.36. The molecule has 0 saturated carbocycles. The van der Waals surface area contributed by atoms with Gasteiger partial charge in [-0.05, 0) is 24.1 Å². The molecule has 1 N–H and O–H groups in total. The van der Waals surface area contributed by atoms with Gasteiger partial charge in [-0.2, -0.15) is 0 Å². The van der Waals surface area contributed by atoms with Crippen molar-refractivity contribution in [2.24, 2.45) is 5.41 Å². The van der Waals surface area contributed by atoms with E-state index in [1.54, 1.807) is 24.3 Å². The lowest BCUT2D eigenvalue weighted by atomic mass is 9.84. The van der Waals surface area contributed by atoms with Gasteiger partial charge in [-0.1, -0.05) is 56.3 Å². The van der Waals surface area contributed by atoms with Gasteiger partial charge in [0.2, 0.25) is 5.91 Å². The van der Waals surface area contributed by atoms with Crippen molar-refractivity contribution < 1.29 is 14.3 Å². The van der Waals surface area contributed by atoms with Crippen molar-refractivity contribution in [2.75, 3.05) is 12.4 Å². The lowest BCUT2D eigenvalue weighted by Gasteiger charge is -2.24. The summed E-state index contributed by atoms with van der Waals surface area (Å²) >= 11 is 0. The number of carbonyl (C=O) groups excluding carboxylic acids is 2. The van der Waals surface area contributed by atoms with Gasteiger partial charge in [-0.3, -0.25) is 4.79 Å². The Hall–Kier alpha value is -2.62. The monoisotopic (exact) mass is 311 g/mol. The van der Waals surface area contributed by atoms with Gasteiger partial charge in [0.15, 0.2) is 0 Å². The van der Waals surface area contributed by atoms with Crippen molar-refractivity contribution in [3.05, 3.63) is 65.7 Å². The first-order valence-corrected chi connectivity index (χ1v) is 7.47. The van der Waals surface area contributed by atoms with Gasteiger partial charge in [0.1, 0.15) is 0 Å². The first-order valence-electron chi connectivity index (χ1n) is 7.47. The summed E-state index contributed by atoms with van der Waals surface area (Å²) in [5.41, 5.74) is 1.29. The number of hydrogen-bond acceptors (Lipinski definition) is 3. The molecule has 23 heavy (non-hydrogen) atoms. The molecule has 0 aliphatic heterocycles. The molecule has 0 heterocycles. The number of esters is 1. The minimum atomic E-state index is -0.607.